The number of unbranched alkanes of at least 4 members (excludes halogenated alkanes) is 2. The molecule has 1 N–H and O–H groups in total. The highest BCUT2D eigenvalue weighted by molar-refractivity contribution is 7.85. The first-order chi connectivity index (χ1) is 17.2. The number of fused-ring (bicyclic) bond motifs is 1. The van der Waals surface area contributed by atoms with Crippen LogP contribution in [-0.4, -0.2) is 52.8 Å². The van der Waals surface area contributed by atoms with Gasteiger partial charge in [-0.1, -0.05) is 6.08 Å². The molecule has 0 atom stereocenters. The smallest absolute Gasteiger partial charge is 0.327 e. The molecule has 0 amide bonds. The van der Waals surface area contributed by atoms with Crippen molar-refractivity contribution in [1.82, 2.24) is 5.01 Å². The fourth-order valence-electron chi connectivity index (χ4n) is 4.66. The van der Waals surface area contributed by atoms with E-state index in [1.54, 1.807) is 5.01 Å². The number of aliphatic carboxylic acids is 1. The number of carbonyl (C=O) groups is 1. The molecule has 1 aromatic heterocycles. The van der Waals surface area contributed by atoms with Gasteiger partial charge in [-0.05, 0) is 89.6 Å². The minimum absolute atomic E-state index is 0.198. The van der Waals surface area contributed by atoms with Crippen LogP contribution in [0.3, 0.4) is 0 Å². The highest BCUT2D eigenvalue weighted by Gasteiger charge is 2.42. The number of aryl methyl sites for hydroxylation is 1. The standard InChI is InChI=1S/C27H38N4O5S/c1-20-26(2,3)23(31(29-20)18-11-19-37(34,35)36)14-9-13-22-27(4,5)21-12-10-17-30(25(21)28-22)16-8-6-7-15-24(32)33/h9-10,12-14,17H,6-8,11,15-16,18-19H2,1-5H3,(H-,32,33,34,35,36). The van der Waals surface area contributed by atoms with Gasteiger partial charge >= 0.3 is 11.8 Å². The van der Waals surface area contributed by atoms with Crippen LogP contribution < -0.4 is 4.57 Å². The Balaban J connectivity index is 1.77. The average molecular weight is 531 g/mol. The molecule has 9 nitrogen and oxygen atoms in total. The molecule has 2 aliphatic rings. The lowest BCUT2D eigenvalue weighted by Crippen LogP contribution is -2.34. The molecule has 0 bridgehead atoms. The van der Waals surface area contributed by atoms with E-state index in [0.717, 1.165) is 47.9 Å². The molecule has 0 aromatic carbocycles. The SMILES string of the molecule is CC1=NN(CCCS(=O)(=O)[O-])/C(=C/C=C/C2=Nc3c(ccc[n+]3CCCCCC(=O)O)C2(C)C)C1(C)C. The van der Waals surface area contributed by atoms with Crippen LogP contribution in [0.15, 0.2) is 52.3 Å². The van der Waals surface area contributed by atoms with E-state index in [-0.39, 0.29) is 23.7 Å². The number of carboxylic acid groups (broad SMARTS) is 1. The first kappa shape index (κ1) is 28.7. The van der Waals surface area contributed by atoms with Crippen molar-refractivity contribution in [2.75, 3.05) is 12.3 Å². The molecule has 0 saturated heterocycles. The minimum atomic E-state index is -4.26. The third kappa shape index (κ3) is 6.93. The molecule has 0 radical (unpaired) electrons. The van der Waals surface area contributed by atoms with Crippen molar-refractivity contribution in [3.8, 4) is 0 Å². The van der Waals surface area contributed by atoms with E-state index in [0.29, 0.717) is 13.0 Å². The Bertz CT molecular complexity index is 1260. The molecule has 0 spiro atoms. The Morgan fingerprint density at radius 3 is 2.57 bits per heavy atom. The zero-order valence-electron chi connectivity index (χ0n) is 22.4. The number of hydrazone groups is 1. The van der Waals surface area contributed by atoms with Gasteiger partial charge in [-0.15, -0.1) is 0 Å². The number of rotatable bonds is 12. The summed E-state index contributed by atoms with van der Waals surface area (Å²) < 4.78 is 35.2. The number of allylic oxidation sites excluding steroid dienone is 4. The number of nitrogens with zero attached hydrogens (tertiary/aromatic N) is 4. The quantitative estimate of drug-likeness (QED) is 0.247. The lowest BCUT2D eigenvalue weighted by Gasteiger charge is -2.25. The van der Waals surface area contributed by atoms with E-state index in [1.807, 2.05) is 37.4 Å². The molecule has 0 saturated carbocycles. The van der Waals surface area contributed by atoms with Crippen molar-refractivity contribution in [1.29, 1.82) is 0 Å². The van der Waals surface area contributed by atoms with E-state index in [9.17, 15) is 17.8 Å². The van der Waals surface area contributed by atoms with Gasteiger partial charge < -0.3 is 9.66 Å². The number of hydrogen-bond donors (Lipinski definition) is 1. The summed E-state index contributed by atoms with van der Waals surface area (Å²) in [7, 11) is -4.26. The van der Waals surface area contributed by atoms with Gasteiger partial charge in [0.2, 0.25) is 0 Å². The minimum Gasteiger partial charge on any atom is -0.748 e. The van der Waals surface area contributed by atoms with Crippen LogP contribution in [0.25, 0.3) is 0 Å². The van der Waals surface area contributed by atoms with Gasteiger partial charge in [-0.3, -0.25) is 9.80 Å². The third-order valence-corrected chi connectivity index (χ3v) is 8.03. The van der Waals surface area contributed by atoms with Crippen molar-refractivity contribution in [3.63, 3.8) is 0 Å². The predicted molar refractivity (Wildman–Crippen MR) is 143 cm³/mol. The monoisotopic (exact) mass is 530 g/mol. The molecule has 37 heavy (non-hydrogen) atoms. The first-order valence-corrected chi connectivity index (χ1v) is 14.3. The van der Waals surface area contributed by atoms with Crippen molar-refractivity contribution >= 4 is 33.3 Å². The molecule has 10 heteroatoms. The summed E-state index contributed by atoms with van der Waals surface area (Å²) >= 11 is 0. The molecule has 202 valence electrons. The Labute approximate surface area is 220 Å². The molecule has 0 aliphatic carbocycles. The van der Waals surface area contributed by atoms with Crippen LogP contribution in [0.4, 0.5) is 5.82 Å². The fraction of sp³-hybridized carbons (Fsp3) is 0.556. The topological polar surface area (TPSA) is 126 Å². The van der Waals surface area contributed by atoms with Gasteiger partial charge in [0, 0.05) is 35.5 Å². The zero-order chi connectivity index (χ0) is 27.4. The second-order valence-corrected chi connectivity index (χ2v) is 12.2. The number of hydrogen-bond acceptors (Lipinski definition) is 7. The van der Waals surface area contributed by atoms with Gasteiger partial charge in [0.25, 0.3) is 0 Å². The lowest BCUT2D eigenvalue weighted by molar-refractivity contribution is -0.684. The molecule has 1 aromatic rings. The van der Waals surface area contributed by atoms with Crippen LogP contribution in [-0.2, 0) is 26.9 Å². The Morgan fingerprint density at radius 1 is 1.16 bits per heavy atom. The van der Waals surface area contributed by atoms with E-state index >= 15 is 0 Å². The van der Waals surface area contributed by atoms with Crippen LogP contribution in [0, 0.1) is 5.41 Å². The van der Waals surface area contributed by atoms with E-state index in [4.69, 9.17) is 10.1 Å². The summed E-state index contributed by atoms with van der Waals surface area (Å²) in [6.07, 6.45) is 10.8. The summed E-state index contributed by atoms with van der Waals surface area (Å²) in [5.74, 6) is -0.240. The summed E-state index contributed by atoms with van der Waals surface area (Å²) in [6, 6.07) is 4.13. The third-order valence-electron chi connectivity index (χ3n) is 7.24. The molecule has 2 aliphatic heterocycles. The predicted octanol–water partition coefficient (Wildman–Crippen LogP) is 4.08. The van der Waals surface area contributed by atoms with Gasteiger partial charge in [0.15, 0.2) is 5.71 Å². The number of carboxylic acids is 1. The number of pyridine rings is 1. The van der Waals surface area contributed by atoms with Gasteiger partial charge in [-0.25, -0.2) is 13.0 Å². The molecule has 0 fully saturated rings. The van der Waals surface area contributed by atoms with E-state index < -0.39 is 21.8 Å². The van der Waals surface area contributed by atoms with Crippen LogP contribution in [0.1, 0.15) is 72.3 Å². The largest absolute Gasteiger partial charge is 0.748 e. The van der Waals surface area contributed by atoms with Crippen molar-refractivity contribution in [2.45, 2.75) is 78.7 Å². The van der Waals surface area contributed by atoms with Crippen molar-refractivity contribution in [2.24, 2.45) is 15.5 Å². The highest BCUT2D eigenvalue weighted by Crippen LogP contribution is 2.39. The summed E-state index contributed by atoms with van der Waals surface area (Å²) in [6.45, 7) is 11.5. The number of aliphatic imine (C=N–C) groups is 1. The Morgan fingerprint density at radius 2 is 1.89 bits per heavy atom. The average Bonchev–Trinajstić information content (AvgIpc) is 3.16. The summed E-state index contributed by atoms with van der Waals surface area (Å²) in [4.78, 5) is 15.7. The maximum atomic E-state index is 11.0. The van der Waals surface area contributed by atoms with E-state index in [2.05, 4.69) is 43.4 Å². The lowest BCUT2D eigenvalue weighted by atomic mass is 9.82. The fourth-order valence-corrected chi connectivity index (χ4v) is 5.15. The normalized spacial score (nSPS) is 19.4. The second-order valence-electron chi connectivity index (χ2n) is 10.7. The number of aromatic nitrogens is 1. The Hall–Kier alpha value is -2.85. The second kappa shape index (κ2) is 11.3. The molecular weight excluding hydrogens is 492 g/mol. The molecule has 3 heterocycles. The summed E-state index contributed by atoms with van der Waals surface area (Å²) in [5, 5.41) is 15.2. The van der Waals surface area contributed by atoms with Crippen LogP contribution in [0.5, 0.6) is 0 Å². The molecule has 3 rings (SSSR count). The van der Waals surface area contributed by atoms with Gasteiger partial charge in [-0.2, -0.15) is 5.10 Å². The molecule has 0 unspecified atom stereocenters. The van der Waals surface area contributed by atoms with Crippen molar-refractivity contribution < 1.29 is 27.4 Å². The zero-order valence-corrected chi connectivity index (χ0v) is 23.2. The first-order valence-electron chi connectivity index (χ1n) is 12.7. The van der Waals surface area contributed by atoms with Crippen LogP contribution in [0.2, 0.25) is 0 Å². The molecular formula is C27H38N4O5S. The highest BCUT2D eigenvalue weighted by atomic mass is 32.2. The van der Waals surface area contributed by atoms with Gasteiger partial charge in [0.05, 0.1) is 33.8 Å². The van der Waals surface area contributed by atoms with Crippen molar-refractivity contribution in [3.05, 3.63) is 47.8 Å². The van der Waals surface area contributed by atoms with E-state index in [1.165, 1.54) is 0 Å². The maximum absolute atomic E-state index is 11.0. The van der Waals surface area contributed by atoms with Crippen LogP contribution >= 0.6 is 0 Å². The van der Waals surface area contributed by atoms with Gasteiger partial charge in [0.1, 0.15) is 0 Å². The maximum Gasteiger partial charge on any atom is 0.327 e. The Kier molecular flexibility index (Phi) is 8.74. The summed E-state index contributed by atoms with van der Waals surface area (Å²) in [5.41, 5.74) is 3.34.